The van der Waals surface area contributed by atoms with Gasteiger partial charge in [-0.15, -0.1) is 0 Å². The Morgan fingerprint density at radius 3 is 2.46 bits per heavy atom. The van der Waals surface area contributed by atoms with Crippen molar-refractivity contribution in [3.63, 3.8) is 0 Å². The lowest BCUT2D eigenvalue weighted by Crippen LogP contribution is -2.43. The minimum absolute atomic E-state index is 0.128. The number of nitrogens with zero attached hydrogens (tertiary/aromatic N) is 1. The van der Waals surface area contributed by atoms with Crippen LogP contribution in [-0.2, 0) is 19.6 Å². The van der Waals surface area contributed by atoms with E-state index in [2.05, 4.69) is 4.74 Å². The Morgan fingerprint density at radius 1 is 1.25 bits per heavy atom. The van der Waals surface area contributed by atoms with Crippen molar-refractivity contribution in [1.29, 1.82) is 0 Å². The molecule has 1 aliphatic rings. The molecule has 1 heterocycles. The van der Waals surface area contributed by atoms with Gasteiger partial charge in [0.1, 0.15) is 5.82 Å². The Morgan fingerprint density at radius 2 is 1.88 bits per heavy atom. The number of rotatable bonds is 4. The number of hydrogen-bond acceptors (Lipinski definition) is 4. The van der Waals surface area contributed by atoms with Gasteiger partial charge < -0.3 is 4.74 Å². The number of carbonyl (C=O) groups excluding carboxylic acids is 1. The first-order valence-electron chi connectivity index (χ1n) is 7.09. The maximum absolute atomic E-state index is 12.9. The molecule has 0 aliphatic carbocycles. The average Bonchev–Trinajstić information content (AvgIpc) is 2.52. The van der Waals surface area contributed by atoms with Gasteiger partial charge in [-0.2, -0.15) is 17.5 Å². The van der Waals surface area contributed by atoms with Crippen LogP contribution in [0.4, 0.5) is 17.6 Å². The molecule has 1 unspecified atom stereocenters. The normalized spacial score (nSPS) is 19.9. The van der Waals surface area contributed by atoms with Crippen molar-refractivity contribution in [2.24, 2.45) is 5.92 Å². The number of halogens is 4. The van der Waals surface area contributed by atoms with Gasteiger partial charge in [0, 0.05) is 13.1 Å². The summed E-state index contributed by atoms with van der Waals surface area (Å²) in [5.74, 6) is -2.64. The molecule has 24 heavy (non-hydrogen) atoms. The lowest BCUT2D eigenvalue weighted by molar-refractivity contribution is -0.189. The molecule has 0 saturated carbocycles. The van der Waals surface area contributed by atoms with Crippen LogP contribution < -0.4 is 0 Å². The SMILES string of the molecule is O=C(OCC(F)(F)F)C1CCCN(S(=O)(=O)c2ccc(F)cc2)C1. The molecule has 1 aromatic carbocycles. The number of ether oxygens (including phenoxy) is 1. The molecule has 0 N–H and O–H groups in total. The first kappa shape index (κ1) is 18.7. The maximum atomic E-state index is 12.9. The number of sulfonamides is 1. The van der Waals surface area contributed by atoms with Crippen molar-refractivity contribution >= 4 is 16.0 Å². The van der Waals surface area contributed by atoms with Crippen LogP contribution in [0, 0.1) is 11.7 Å². The van der Waals surface area contributed by atoms with Crippen molar-refractivity contribution < 1.29 is 35.5 Å². The summed E-state index contributed by atoms with van der Waals surface area (Å²) in [6.45, 7) is -1.84. The van der Waals surface area contributed by atoms with Crippen molar-refractivity contribution in [1.82, 2.24) is 4.31 Å². The zero-order valence-electron chi connectivity index (χ0n) is 12.4. The van der Waals surface area contributed by atoms with E-state index < -0.39 is 40.5 Å². The molecule has 1 aromatic rings. The molecule has 2 rings (SSSR count). The quantitative estimate of drug-likeness (QED) is 0.604. The van der Waals surface area contributed by atoms with Gasteiger partial charge in [0.25, 0.3) is 0 Å². The van der Waals surface area contributed by atoms with Crippen LogP contribution in [0.5, 0.6) is 0 Å². The smallest absolute Gasteiger partial charge is 0.422 e. The highest BCUT2D eigenvalue weighted by Crippen LogP contribution is 2.25. The third kappa shape index (κ3) is 4.67. The van der Waals surface area contributed by atoms with Crippen LogP contribution in [0.15, 0.2) is 29.2 Å². The topological polar surface area (TPSA) is 63.7 Å². The number of piperidine rings is 1. The van der Waals surface area contributed by atoms with Gasteiger partial charge in [-0.25, -0.2) is 12.8 Å². The van der Waals surface area contributed by atoms with Crippen molar-refractivity contribution in [2.75, 3.05) is 19.7 Å². The second-order valence-corrected chi connectivity index (χ2v) is 7.32. The molecule has 1 aliphatic heterocycles. The van der Waals surface area contributed by atoms with E-state index in [-0.39, 0.29) is 24.4 Å². The van der Waals surface area contributed by atoms with Crippen LogP contribution in [0.2, 0.25) is 0 Å². The van der Waals surface area contributed by atoms with Gasteiger partial charge in [-0.1, -0.05) is 0 Å². The Labute approximate surface area is 136 Å². The van der Waals surface area contributed by atoms with E-state index in [1.54, 1.807) is 0 Å². The maximum Gasteiger partial charge on any atom is 0.422 e. The van der Waals surface area contributed by atoms with Crippen LogP contribution in [0.3, 0.4) is 0 Å². The molecular weight excluding hydrogens is 354 g/mol. The van der Waals surface area contributed by atoms with Crippen molar-refractivity contribution in [2.45, 2.75) is 23.9 Å². The minimum atomic E-state index is -4.63. The van der Waals surface area contributed by atoms with Crippen molar-refractivity contribution in [3.8, 4) is 0 Å². The second kappa shape index (κ2) is 7.06. The minimum Gasteiger partial charge on any atom is -0.456 e. The highest BCUT2D eigenvalue weighted by Gasteiger charge is 2.36. The second-order valence-electron chi connectivity index (χ2n) is 5.38. The summed E-state index contributed by atoms with van der Waals surface area (Å²) in [5, 5.41) is 0. The van der Waals surface area contributed by atoms with Gasteiger partial charge in [-0.3, -0.25) is 4.79 Å². The van der Waals surface area contributed by atoms with E-state index in [9.17, 15) is 30.8 Å². The molecule has 0 amide bonds. The number of hydrogen-bond donors (Lipinski definition) is 0. The van der Waals surface area contributed by atoms with E-state index in [4.69, 9.17) is 0 Å². The summed E-state index contributed by atoms with van der Waals surface area (Å²) < 4.78 is 79.3. The van der Waals surface area contributed by atoms with Crippen LogP contribution in [0.25, 0.3) is 0 Å². The van der Waals surface area contributed by atoms with E-state index in [0.717, 1.165) is 28.6 Å². The molecular formula is C14H15F4NO4S. The molecule has 0 bridgehead atoms. The fourth-order valence-electron chi connectivity index (χ4n) is 2.38. The van der Waals surface area contributed by atoms with E-state index in [1.807, 2.05) is 0 Å². The van der Waals surface area contributed by atoms with Crippen LogP contribution in [-0.4, -0.2) is 44.6 Å². The third-order valence-electron chi connectivity index (χ3n) is 3.55. The van der Waals surface area contributed by atoms with Crippen LogP contribution in [0.1, 0.15) is 12.8 Å². The Hall–Kier alpha value is -1.68. The molecule has 1 atom stereocenters. The predicted molar refractivity (Wildman–Crippen MR) is 74.9 cm³/mol. The van der Waals surface area contributed by atoms with Gasteiger partial charge >= 0.3 is 12.1 Å². The summed E-state index contributed by atoms with van der Waals surface area (Å²) in [6, 6.07) is 4.17. The zero-order valence-corrected chi connectivity index (χ0v) is 13.2. The fourth-order valence-corrected chi connectivity index (χ4v) is 3.90. The summed E-state index contributed by atoms with van der Waals surface area (Å²) in [4.78, 5) is 11.6. The standard InChI is InChI=1S/C14H15F4NO4S/c15-11-3-5-12(6-4-11)24(21,22)19-7-1-2-10(8-19)13(20)23-9-14(16,17)18/h3-6,10H,1-2,7-9H2. The van der Waals surface area contributed by atoms with Gasteiger partial charge in [0.05, 0.1) is 10.8 Å². The monoisotopic (exact) mass is 369 g/mol. The first-order valence-corrected chi connectivity index (χ1v) is 8.53. The predicted octanol–water partition coefficient (Wildman–Crippen LogP) is 2.33. The molecule has 134 valence electrons. The summed E-state index contributed by atoms with van der Waals surface area (Å²) in [7, 11) is -3.95. The lowest BCUT2D eigenvalue weighted by atomic mass is 10.0. The zero-order chi connectivity index (χ0) is 18.0. The molecule has 10 heteroatoms. The highest BCUT2D eigenvalue weighted by atomic mass is 32.2. The summed E-state index contributed by atoms with van der Waals surface area (Å²) >= 11 is 0. The Kier molecular flexibility index (Phi) is 5.49. The van der Waals surface area contributed by atoms with Crippen LogP contribution >= 0.6 is 0 Å². The van der Waals surface area contributed by atoms with E-state index in [1.165, 1.54) is 0 Å². The number of benzene rings is 1. The molecule has 0 radical (unpaired) electrons. The van der Waals surface area contributed by atoms with E-state index >= 15 is 0 Å². The Balaban J connectivity index is 2.07. The Bertz CT molecular complexity index is 688. The molecule has 0 spiro atoms. The molecule has 0 aromatic heterocycles. The summed E-state index contributed by atoms with van der Waals surface area (Å²) in [6.07, 6.45) is -4.08. The average molecular weight is 369 g/mol. The first-order chi connectivity index (χ1) is 11.1. The largest absolute Gasteiger partial charge is 0.456 e. The van der Waals surface area contributed by atoms with Gasteiger partial charge in [0.2, 0.25) is 10.0 Å². The van der Waals surface area contributed by atoms with E-state index in [0.29, 0.717) is 6.42 Å². The third-order valence-corrected chi connectivity index (χ3v) is 5.43. The molecule has 1 saturated heterocycles. The number of carbonyl (C=O) groups is 1. The van der Waals surface area contributed by atoms with Gasteiger partial charge in [0.15, 0.2) is 6.61 Å². The fraction of sp³-hybridized carbons (Fsp3) is 0.500. The molecule has 5 nitrogen and oxygen atoms in total. The highest BCUT2D eigenvalue weighted by molar-refractivity contribution is 7.89. The van der Waals surface area contributed by atoms with Gasteiger partial charge in [-0.05, 0) is 37.1 Å². The summed E-state index contributed by atoms with van der Waals surface area (Å²) in [5.41, 5.74) is 0. The number of esters is 1. The molecule has 1 fully saturated rings. The lowest BCUT2D eigenvalue weighted by Gasteiger charge is -2.30. The number of alkyl halides is 3. The van der Waals surface area contributed by atoms with Crippen molar-refractivity contribution in [3.05, 3.63) is 30.1 Å².